The molecule has 0 bridgehead atoms. The van der Waals surface area contributed by atoms with Gasteiger partial charge in [-0.3, -0.25) is 0 Å². The van der Waals surface area contributed by atoms with E-state index >= 15 is 0 Å². The van der Waals surface area contributed by atoms with Crippen LogP contribution in [0.4, 0.5) is 0 Å². The molecule has 0 heterocycles. The van der Waals surface area contributed by atoms with E-state index in [1.54, 1.807) is 7.11 Å². The largest absolute Gasteiger partial charge is 0.497 e. The van der Waals surface area contributed by atoms with Crippen molar-refractivity contribution in [3.05, 3.63) is 29.3 Å². The second-order valence-electron chi connectivity index (χ2n) is 5.51. The van der Waals surface area contributed by atoms with Crippen LogP contribution in [0, 0.1) is 18.8 Å². The molecule has 1 saturated carbocycles. The minimum absolute atomic E-state index is 0.313. The predicted octanol–water partition coefficient (Wildman–Crippen LogP) is 3.86. The standard InChI is InChI=1S/C16H24O2/c1-4-12-5-6-13(10-12)16(17)15-8-7-14(18-3)9-11(15)2/h7-9,12-13,16-17H,4-6,10H2,1-3H3. The lowest BCUT2D eigenvalue weighted by Gasteiger charge is -2.21. The van der Waals surface area contributed by atoms with Crippen LogP contribution in [0.2, 0.25) is 0 Å². The van der Waals surface area contributed by atoms with Crippen LogP contribution < -0.4 is 4.74 Å². The van der Waals surface area contributed by atoms with Gasteiger partial charge in [-0.2, -0.15) is 0 Å². The summed E-state index contributed by atoms with van der Waals surface area (Å²) in [5, 5.41) is 10.5. The van der Waals surface area contributed by atoms with E-state index in [-0.39, 0.29) is 6.10 Å². The number of ether oxygens (including phenoxy) is 1. The lowest BCUT2D eigenvalue weighted by atomic mass is 9.90. The molecular formula is C16H24O2. The minimum Gasteiger partial charge on any atom is -0.497 e. The molecule has 18 heavy (non-hydrogen) atoms. The van der Waals surface area contributed by atoms with E-state index in [1.165, 1.54) is 19.3 Å². The van der Waals surface area contributed by atoms with Crippen molar-refractivity contribution >= 4 is 0 Å². The SMILES string of the molecule is CCC1CCC(C(O)c2ccc(OC)cc2C)C1. The zero-order valence-corrected chi connectivity index (χ0v) is 11.6. The molecule has 0 amide bonds. The first-order valence-electron chi connectivity index (χ1n) is 6.98. The molecule has 1 aromatic carbocycles. The van der Waals surface area contributed by atoms with Gasteiger partial charge < -0.3 is 9.84 Å². The van der Waals surface area contributed by atoms with Crippen LogP contribution in [-0.2, 0) is 0 Å². The molecule has 0 saturated heterocycles. The zero-order chi connectivity index (χ0) is 13.1. The first kappa shape index (κ1) is 13.4. The van der Waals surface area contributed by atoms with Crippen LogP contribution in [0.5, 0.6) is 5.75 Å². The zero-order valence-electron chi connectivity index (χ0n) is 11.6. The topological polar surface area (TPSA) is 29.5 Å². The molecule has 3 unspecified atom stereocenters. The van der Waals surface area contributed by atoms with Gasteiger partial charge in [0.2, 0.25) is 0 Å². The summed E-state index contributed by atoms with van der Waals surface area (Å²) in [6, 6.07) is 5.96. The third-order valence-electron chi connectivity index (χ3n) is 4.40. The van der Waals surface area contributed by atoms with Crippen LogP contribution in [0.3, 0.4) is 0 Å². The van der Waals surface area contributed by atoms with Crippen molar-refractivity contribution in [2.75, 3.05) is 7.11 Å². The highest BCUT2D eigenvalue weighted by Gasteiger charge is 2.30. The maximum atomic E-state index is 10.5. The van der Waals surface area contributed by atoms with Gasteiger partial charge in [-0.15, -0.1) is 0 Å². The molecule has 1 N–H and O–H groups in total. The fourth-order valence-electron chi connectivity index (χ4n) is 3.13. The van der Waals surface area contributed by atoms with Crippen molar-refractivity contribution in [2.24, 2.45) is 11.8 Å². The number of aliphatic hydroxyl groups is 1. The smallest absolute Gasteiger partial charge is 0.119 e. The first-order valence-corrected chi connectivity index (χ1v) is 6.98. The maximum Gasteiger partial charge on any atom is 0.119 e. The third-order valence-corrected chi connectivity index (χ3v) is 4.40. The van der Waals surface area contributed by atoms with Crippen molar-refractivity contribution in [1.29, 1.82) is 0 Å². The van der Waals surface area contributed by atoms with Crippen LogP contribution >= 0.6 is 0 Å². The van der Waals surface area contributed by atoms with Gasteiger partial charge in [0.15, 0.2) is 0 Å². The Labute approximate surface area is 110 Å². The van der Waals surface area contributed by atoms with Crippen molar-refractivity contribution in [3.8, 4) is 5.75 Å². The minimum atomic E-state index is -0.313. The second kappa shape index (κ2) is 5.75. The van der Waals surface area contributed by atoms with E-state index in [1.807, 2.05) is 25.1 Å². The highest BCUT2D eigenvalue weighted by molar-refractivity contribution is 5.36. The summed E-state index contributed by atoms with van der Waals surface area (Å²) >= 11 is 0. The lowest BCUT2D eigenvalue weighted by Crippen LogP contribution is -2.11. The number of hydrogen-bond donors (Lipinski definition) is 1. The number of aryl methyl sites for hydroxylation is 1. The van der Waals surface area contributed by atoms with Gasteiger partial charge in [0, 0.05) is 0 Å². The van der Waals surface area contributed by atoms with Crippen molar-refractivity contribution in [1.82, 2.24) is 0 Å². The monoisotopic (exact) mass is 248 g/mol. The van der Waals surface area contributed by atoms with E-state index < -0.39 is 0 Å². The Balaban J connectivity index is 2.11. The maximum absolute atomic E-state index is 10.5. The van der Waals surface area contributed by atoms with Gasteiger partial charge in [0.1, 0.15) is 5.75 Å². The molecule has 0 radical (unpaired) electrons. The molecule has 100 valence electrons. The lowest BCUT2D eigenvalue weighted by molar-refractivity contribution is 0.108. The van der Waals surface area contributed by atoms with E-state index in [9.17, 15) is 5.11 Å². The summed E-state index contributed by atoms with van der Waals surface area (Å²) in [5.41, 5.74) is 2.19. The Hall–Kier alpha value is -1.02. The summed E-state index contributed by atoms with van der Waals surface area (Å²) in [7, 11) is 1.67. The van der Waals surface area contributed by atoms with Crippen molar-refractivity contribution < 1.29 is 9.84 Å². The number of hydrogen-bond acceptors (Lipinski definition) is 2. The summed E-state index contributed by atoms with van der Waals surface area (Å²) in [6.07, 6.45) is 4.53. The number of benzene rings is 1. The summed E-state index contributed by atoms with van der Waals surface area (Å²) in [5.74, 6) is 2.10. The fourth-order valence-corrected chi connectivity index (χ4v) is 3.13. The van der Waals surface area contributed by atoms with E-state index in [4.69, 9.17) is 4.74 Å². The molecule has 1 aliphatic rings. The predicted molar refractivity (Wildman–Crippen MR) is 73.8 cm³/mol. The van der Waals surface area contributed by atoms with E-state index in [2.05, 4.69) is 6.92 Å². The Morgan fingerprint density at radius 2 is 2.17 bits per heavy atom. The normalized spacial score (nSPS) is 25.1. The fraction of sp³-hybridized carbons (Fsp3) is 0.625. The Morgan fingerprint density at radius 1 is 1.39 bits per heavy atom. The third kappa shape index (κ3) is 2.69. The van der Waals surface area contributed by atoms with Gasteiger partial charge in [0.25, 0.3) is 0 Å². The second-order valence-corrected chi connectivity index (χ2v) is 5.51. The summed E-state index contributed by atoms with van der Waals surface area (Å²) in [6.45, 7) is 4.30. The number of methoxy groups -OCH3 is 1. The molecule has 0 aliphatic heterocycles. The summed E-state index contributed by atoms with van der Waals surface area (Å²) in [4.78, 5) is 0. The summed E-state index contributed by atoms with van der Waals surface area (Å²) < 4.78 is 5.21. The molecule has 1 fully saturated rings. The Bertz CT molecular complexity index is 400. The first-order chi connectivity index (χ1) is 8.65. The quantitative estimate of drug-likeness (QED) is 0.876. The number of aliphatic hydroxyl groups excluding tert-OH is 1. The number of rotatable bonds is 4. The van der Waals surface area contributed by atoms with E-state index in [0.29, 0.717) is 5.92 Å². The Kier molecular flexibility index (Phi) is 4.28. The molecule has 2 heteroatoms. The molecular weight excluding hydrogens is 224 g/mol. The van der Waals surface area contributed by atoms with Gasteiger partial charge in [-0.1, -0.05) is 25.8 Å². The van der Waals surface area contributed by atoms with Crippen molar-refractivity contribution in [3.63, 3.8) is 0 Å². The molecule has 1 aromatic rings. The van der Waals surface area contributed by atoms with Gasteiger partial charge in [-0.25, -0.2) is 0 Å². The van der Waals surface area contributed by atoms with E-state index in [0.717, 1.165) is 29.2 Å². The molecule has 1 aliphatic carbocycles. The van der Waals surface area contributed by atoms with Gasteiger partial charge in [0.05, 0.1) is 13.2 Å². The average molecular weight is 248 g/mol. The Morgan fingerprint density at radius 3 is 2.72 bits per heavy atom. The highest BCUT2D eigenvalue weighted by Crippen LogP contribution is 2.41. The van der Waals surface area contributed by atoms with Crippen LogP contribution in [0.1, 0.15) is 49.8 Å². The molecule has 0 aromatic heterocycles. The highest BCUT2D eigenvalue weighted by atomic mass is 16.5. The van der Waals surface area contributed by atoms with Crippen LogP contribution in [0.25, 0.3) is 0 Å². The van der Waals surface area contributed by atoms with Crippen molar-refractivity contribution in [2.45, 2.75) is 45.6 Å². The van der Waals surface area contributed by atoms with Crippen LogP contribution in [-0.4, -0.2) is 12.2 Å². The van der Waals surface area contributed by atoms with Crippen LogP contribution in [0.15, 0.2) is 18.2 Å². The van der Waals surface area contributed by atoms with Gasteiger partial charge >= 0.3 is 0 Å². The molecule has 3 atom stereocenters. The average Bonchev–Trinajstić information content (AvgIpc) is 2.86. The van der Waals surface area contributed by atoms with Gasteiger partial charge in [-0.05, 0) is 54.9 Å². The molecule has 2 rings (SSSR count). The molecule has 2 nitrogen and oxygen atoms in total. The molecule has 0 spiro atoms.